The van der Waals surface area contributed by atoms with Gasteiger partial charge in [0.1, 0.15) is 11.5 Å². The lowest BCUT2D eigenvalue weighted by Crippen LogP contribution is -1.94. The molecule has 0 saturated heterocycles. The zero-order chi connectivity index (χ0) is 15.6. The van der Waals surface area contributed by atoms with Gasteiger partial charge in [0.05, 0.1) is 5.56 Å². The number of hydrogen-bond donors (Lipinski definition) is 5. The first-order valence-corrected chi connectivity index (χ1v) is 5.88. The molecule has 0 aliphatic carbocycles. The molecule has 0 radical (unpaired) electrons. The number of hydrogen-bond acceptors (Lipinski definition) is 6. The fourth-order valence-electron chi connectivity index (χ4n) is 1.71. The highest BCUT2D eigenvalue weighted by Gasteiger charge is 2.10. The number of phenolic OH excluding ortho intramolecular Hbond substituents is 5. The zero-order valence-electron chi connectivity index (χ0n) is 10.7. The minimum absolute atomic E-state index is 0.00345. The van der Waals surface area contributed by atoms with Gasteiger partial charge in [-0.15, -0.1) is 0 Å². The van der Waals surface area contributed by atoms with Crippen molar-refractivity contribution < 1.29 is 30.3 Å². The summed E-state index contributed by atoms with van der Waals surface area (Å²) in [6.07, 6.45) is 2.42. The van der Waals surface area contributed by atoms with E-state index in [2.05, 4.69) is 0 Å². The van der Waals surface area contributed by atoms with Crippen LogP contribution in [0.15, 0.2) is 36.4 Å². The molecule has 0 unspecified atom stereocenters. The molecule has 0 aliphatic heterocycles. The molecule has 0 aromatic heterocycles. The van der Waals surface area contributed by atoms with Crippen molar-refractivity contribution in [2.24, 2.45) is 0 Å². The van der Waals surface area contributed by atoms with Gasteiger partial charge in [0.25, 0.3) is 0 Å². The van der Waals surface area contributed by atoms with E-state index in [9.17, 15) is 25.2 Å². The topological polar surface area (TPSA) is 118 Å². The molecule has 2 aromatic carbocycles. The average molecular weight is 288 g/mol. The highest BCUT2D eigenvalue weighted by molar-refractivity contribution is 6.08. The summed E-state index contributed by atoms with van der Waals surface area (Å²) in [4.78, 5) is 11.9. The Labute approximate surface area is 119 Å². The average Bonchev–Trinajstić information content (AvgIpc) is 2.42. The maximum Gasteiger partial charge on any atom is 0.200 e. The van der Waals surface area contributed by atoms with Crippen LogP contribution in [0.1, 0.15) is 15.9 Å². The molecule has 0 spiro atoms. The molecule has 0 heterocycles. The Balaban J connectivity index is 2.27. The van der Waals surface area contributed by atoms with Crippen LogP contribution in [0.4, 0.5) is 0 Å². The molecule has 0 atom stereocenters. The van der Waals surface area contributed by atoms with Gasteiger partial charge >= 0.3 is 0 Å². The molecule has 2 aromatic rings. The molecule has 0 fully saturated rings. The summed E-state index contributed by atoms with van der Waals surface area (Å²) in [6.45, 7) is 0. The molecule has 0 saturated carbocycles. The molecule has 108 valence electrons. The van der Waals surface area contributed by atoms with Crippen molar-refractivity contribution in [3.8, 4) is 28.7 Å². The van der Waals surface area contributed by atoms with Crippen LogP contribution in [-0.2, 0) is 0 Å². The molecular formula is C15H12O6. The van der Waals surface area contributed by atoms with E-state index in [4.69, 9.17) is 5.11 Å². The molecule has 6 heteroatoms. The fourth-order valence-corrected chi connectivity index (χ4v) is 1.71. The number of ketones is 1. The number of rotatable bonds is 3. The zero-order valence-corrected chi connectivity index (χ0v) is 10.7. The lowest BCUT2D eigenvalue weighted by Gasteiger charge is -2.03. The number of carbonyl (C=O) groups excluding carboxylic acids is 1. The highest BCUT2D eigenvalue weighted by atomic mass is 16.3. The van der Waals surface area contributed by atoms with Crippen molar-refractivity contribution in [2.45, 2.75) is 0 Å². The van der Waals surface area contributed by atoms with Crippen LogP contribution in [0.2, 0.25) is 0 Å². The smallest absolute Gasteiger partial charge is 0.200 e. The maximum atomic E-state index is 11.9. The van der Waals surface area contributed by atoms with Gasteiger partial charge in [0.2, 0.25) is 0 Å². The van der Waals surface area contributed by atoms with Gasteiger partial charge < -0.3 is 25.5 Å². The van der Waals surface area contributed by atoms with E-state index in [0.717, 1.165) is 24.3 Å². The Kier molecular flexibility index (Phi) is 3.71. The second kappa shape index (κ2) is 5.46. The number of aromatic hydroxyl groups is 5. The van der Waals surface area contributed by atoms with Crippen LogP contribution in [0.5, 0.6) is 28.7 Å². The van der Waals surface area contributed by atoms with Crippen molar-refractivity contribution in [2.75, 3.05) is 0 Å². The molecule has 2 rings (SSSR count). The van der Waals surface area contributed by atoms with E-state index in [0.29, 0.717) is 0 Å². The van der Waals surface area contributed by atoms with Crippen LogP contribution < -0.4 is 0 Å². The molecule has 0 aliphatic rings. The van der Waals surface area contributed by atoms with Gasteiger partial charge in [-0.3, -0.25) is 4.79 Å². The SMILES string of the molecule is O=C(C=Cc1cc(O)c(O)c(O)c1)c1ccc(O)cc1O. The summed E-state index contributed by atoms with van der Waals surface area (Å²) < 4.78 is 0. The summed E-state index contributed by atoms with van der Waals surface area (Å²) in [7, 11) is 0. The van der Waals surface area contributed by atoms with Crippen LogP contribution >= 0.6 is 0 Å². The lowest BCUT2D eigenvalue weighted by molar-refractivity contribution is 0.104. The lowest BCUT2D eigenvalue weighted by atomic mass is 10.1. The second-order valence-corrected chi connectivity index (χ2v) is 4.31. The first-order valence-electron chi connectivity index (χ1n) is 5.88. The largest absolute Gasteiger partial charge is 0.508 e. The fraction of sp³-hybridized carbons (Fsp3) is 0. The summed E-state index contributed by atoms with van der Waals surface area (Å²) >= 11 is 0. The van der Waals surface area contributed by atoms with Crippen molar-refractivity contribution in [3.05, 3.63) is 47.5 Å². The normalized spacial score (nSPS) is 10.9. The Morgan fingerprint density at radius 2 is 1.48 bits per heavy atom. The highest BCUT2D eigenvalue weighted by Crippen LogP contribution is 2.35. The third kappa shape index (κ3) is 3.06. The Bertz CT molecular complexity index is 710. The summed E-state index contributed by atoms with van der Waals surface area (Å²) in [5, 5.41) is 46.6. The predicted octanol–water partition coefficient (Wildman–Crippen LogP) is 2.11. The van der Waals surface area contributed by atoms with Crippen LogP contribution in [-0.4, -0.2) is 31.3 Å². The van der Waals surface area contributed by atoms with E-state index < -0.39 is 23.0 Å². The predicted molar refractivity (Wildman–Crippen MR) is 74.6 cm³/mol. The summed E-state index contributed by atoms with van der Waals surface area (Å²) in [5.74, 6) is -2.74. The van der Waals surface area contributed by atoms with Gasteiger partial charge in [-0.25, -0.2) is 0 Å². The third-order valence-electron chi connectivity index (χ3n) is 2.77. The number of phenols is 5. The Hall–Kier alpha value is -3.15. The monoisotopic (exact) mass is 288 g/mol. The summed E-state index contributed by atoms with van der Waals surface area (Å²) in [5.41, 5.74) is 0.283. The molecule has 6 nitrogen and oxygen atoms in total. The Morgan fingerprint density at radius 3 is 2.05 bits per heavy atom. The second-order valence-electron chi connectivity index (χ2n) is 4.31. The van der Waals surface area contributed by atoms with Crippen LogP contribution in [0, 0.1) is 0 Å². The third-order valence-corrected chi connectivity index (χ3v) is 2.77. The van der Waals surface area contributed by atoms with Gasteiger partial charge in [0, 0.05) is 6.07 Å². The maximum absolute atomic E-state index is 11.9. The number of benzene rings is 2. The van der Waals surface area contributed by atoms with Gasteiger partial charge in [0.15, 0.2) is 23.0 Å². The van der Waals surface area contributed by atoms with E-state index >= 15 is 0 Å². The van der Waals surface area contributed by atoms with E-state index in [-0.39, 0.29) is 22.6 Å². The number of allylic oxidation sites excluding steroid dienone is 1. The quantitative estimate of drug-likeness (QED) is 0.335. The molecular weight excluding hydrogens is 276 g/mol. The van der Waals surface area contributed by atoms with E-state index in [1.165, 1.54) is 18.2 Å². The van der Waals surface area contributed by atoms with Crippen molar-refractivity contribution in [1.29, 1.82) is 0 Å². The van der Waals surface area contributed by atoms with Crippen molar-refractivity contribution in [3.63, 3.8) is 0 Å². The Morgan fingerprint density at radius 1 is 0.857 bits per heavy atom. The van der Waals surface area contributed by atoms with E-state index in [1.807, 2.05) is 0 Å². The molecule has 5 N–H and O–H groups in total. The molecule has 21 heavy (non-hydrogen) atoms. The van der Waals surface area contributed by atoms with Gasteiger partial charge in [-0.05, 0) is 35.9 Å². The van der Waals surface area contributed by atoms with E-state index in [1.54, 1.807) is 0 Å². The van der Waals surface area contributed by atoms with Gasteiger partial charge in [-0.1, -0.05) is 6.08 Å². The van der Waals surface area contributed by atoms with Crippen molar-refractivity contribution >= 4 is 11.9 Å². The number of carbonyl (C=O) groups is 1. The summed E-state index contributed by atoms with van der Waals surface area (Å²) in [6, 6.07) is 5.90. The van der Waals surface area contributed by atoms with Crippen molar-refractivity contribution in [1.82, 2.24) is 0 Å². The first-order chi connectivity index (χ1) is 9.88. The van der Waals surface area contributed by atoms with Gasteiger partial charge in [-0.2, -0.15) is 0 Å². The standard InChI is InChI=1S/C15H12O6/c16-9-2-3-10(12(18)7-9)11(17)4-1-8-5-13(19)15(21)14(20)6-8/h1-7,16,18-21H. The van der Waals surface area contributed by atoms with Crippen LogP contribution in [0.3, 0.4) is 0 Å². The molecule has 0 bridgehead atoms. The van der Waals surface area contributed by atoms with Crippen LogP contribution in [0.25, 0.3) is 6.08 Å². The molecule has 0 amide bonds. The minimum atomic E-state index is -0.644. The minimum Gasteiger partial charge on any atom is -0.508 e. The first kappa shape index (κ1) is 14.3.